The largest absolute Gasteiger partial charge is 0.459 e. The van der Waals surface area contributed by atoms with Gasteiger partial charge in [0.1, 0.15) is 11.7 Å². The second kappa shape index (κ2) is 8.85. The first-order valence-corrected chi connectivity index (χ1v) is 9.99. The van der Waals surface area contributed by atoms with Crippen LogP contribution >= 0.6 is 0 Å². The Balaban J connectivity index is 3.06. The number of esters is 1. The zero-order valence-corrected chi connectivity index (χ0v) is 17.3. The Labute approximate surface area is 154 Å². The van der Waals surface area contributed by atoms with Crippen molar-refractivity contribution in [3.63, 3.8) is 0 Å². The van der Waals surface area contributed by atoms with E-state index in [1.54, 1.807) is 6.92 Å². The lowest BCUT2D eigenvalue weighted by atomic mass is 9.71. The number of carbonyl (C=O) groups is 1. The van der Waals surface area contributed by atoms with Crippen molar-refractivity contribution in [3.05, 3.63) is 0 Å². The number of rotatable bonds is 3. The van der Waals surface area contributed by atoms with Gasteiger partial charge in [0.25, 0.3) is 0 Å². The summed E-state index contributed by atoms with van der Waals surface area (Å²) in [5.74, 6) is 0.947. The van der Waals surface area contributed by atoms with Crippen LogP contribution in [0.5, 0.6) is 0 Å². The van der Waals surface area contributed by atoms with Crippen LogP contribution in [0.1, 0.15) is 87.0 Å². The molecule has 4 nitrogen and oxygen atoms in total. The maximum absolute atomic E-state index is 12.3. The number of aliphatic hydroxyl groups excluding tert-OH is 1. The number of hydrogen-bond donors (Lipinski definition) is 2. The summed E-state index contributed by atoms with van der Waals surface area (Å²) in [5.41, 5.74) is -1.19. The number of carbonyl (C=O) groups excluding carboxylic acids is 1. The van der Waals surface area contributed by atoms with E-state index in [1.165, 1.54) is 0 Å². The van der Waals surface area contributed by atoms with Gasteiger partial charge in [0.05, 0.1) is 6.10 Å². The molecule has 1 aliphatic heterocycles. The molecule has 1 saturated heterocycles. The first-order valence-electron chi connectivity index (χ1n) is 9.99. The van der Waals surface area contributed by atoms with Crippen molar-refractivity contribution in [2.45, 2.75) is 105 Å². The minimum Gasteiger partial charge on any atom is -0.459 e. The van der Waals surface area contributed by atoms with Crippen LogP contribution in [0.4, 0.5) is 0 Å². The van der Waals surface area contributed by atoms with E-state index in [0.29, 0.717) is 37.0 Å². The number of aliphatic hydroxyl groups is 2. The van der Waals surface area contributed by atoms with Crippen molar-refractivity contribution >= 4 is 5.97 Å². The zero-order chi connectivity index (χ0) is 19.4. The van der Waals surface area contributed by atoms with E-state index in [0.717, 1.165) is 19.3 Å². The molecule has 0 radical (unpaired) electrons. The van der Waals surface area contributed by atoms with Crippen LogP contribution < -0.4 is 0 Å². The molecule has 25 heavy (non-hydrogen) atoms. The van der Waals surface area contributed by atoms with Crippen LogP contribution in [0, 0.1) is 23.2 Å². The summed E-state index contributed by atoms with van der Waals surface area (Å²) >= 11 is 0. The molecule has 1 heterocycles. The molecule has 3 unspecified atom stereocenters. The van der Waals surface area contributed by atoms with Crippen LogP contribution in [0.2, 0.25) is 0 Å². The smallest absolute Gasteiger partial charge is 0.306 e. The van der Waals surface area contributed by atoms with Crippen molar-refractivity contribution < 1.29 is 19.7 Å². The standard InChI is InChI=1S/C21H40O4/c1-8-17(22)21(7,24)18-11-15(3)16(4)13-20(5,6)12-14(2)9-10-19(23)25-18/h14-18,22,24H,8-13H2,1-7H3/t14-,15?,16?,17+,18+,21?/m0/s1. The molecule has 6 atom stereocenters. The van der Waals surface area contributed by atoms with E-state index in [1.807, 2.05) is 6.92 Å². The molecular weight excluding hydrogens is 316 g/mol. The average Bonchev–Trinajstić information content (AvgIpc) is 2.49. The van der Waals surface area contributed by atoms with Crippen LogP contribution in [-0.4, -0.2) is 34.0 Å². The molecule has 0 saturated carbocycles. The summed E-state index contributed by atoms with van der Waals surface area (Å²) in [4.78, 5) is 12.3. The highest BCUT2D eigenvalue weighted by atomic mass is 16.6. The van der Waals surface area contributed by atoms with Crippen molar-refractivity contribution in [3.8, 4) is 0 Å². The summed E-state index contributed by atoms with van der Waals surface area (Å²) in [7, 11) is 0. The van der Waals surface area contributed by atoms with Gasteiger partial charge in [-0.25, -0.2) is 0 Å². The number of hydrogen-bond acceptors (Lipinski definition) is 4. The summed E-state index contributed by atoms with van der Waals surface area (Å²) in [6, 6.07) is 0. The topological polar surface area (TPSA) is 66.8 Å². The van der Waals surface area contributed by atoms with Crippen molar-refractivity contribution in [1.29, 1.82) is 0 Å². The fourth-order valence-electron chi connectivity index (χ4n) is 4.39. The van der Waals surface area contributed by atoms with Gasteiger partial charge in [-0.05, 0) is 62.2 Å². The fourth-order valence-corrected chi connectivity index (χ4v) is 4.39. The molecule has 1 rings (SSSR count). The molecule has 0 spiro atoms. The van der Waals surface area contributed by atoms with E-state index in [9.17, 15) is 15.0 Å². The normalized spacial score (nSPS) is 35.6. The molecule has 0 aliphatic carbocycles. The fraction of sp³-hybridized carbons (Fsp3) is 0.952. The molecule has 0 aromatic carbocycles. The Morgan fingerprint density at radius 1 is 1.24 bits per heavy atom. The SMILES string of the molecule is CC[C@@H](O)C(C)(O)[C@H]1CC(C)C(C)CC(C)(C)C[C@@H](C)CCC(=O)O1. The summed E-state index contributed by atoms with van der Waals surface area (Å²) in [6.07, 6.45) is 2.80. The second-order valence-corrected chi connectivity index (χ2v) is 9.53. The Morgan fingerprint density at radius 2 is 1.84 bits per heavy atom. The van der Waals surface area contributed by atoms with Crippen LogP contribution in [0.3, 0.4) is 0 Å². The lowest BCUT2D eigenvalue weighted by Crippen LogP contribution is -2.52. The lowest BCUT2D eigenvalue weighted by Gasteiger charge is -2.40. The minimum absolute atomic E-state index is 0.233. The maximum Gasteiger partial charge on any atom is 0.306 e. The minimum atomic E-state index is -1.43. The molecule has 0 amide bonds. The third-order valence-electron chi connectivity index (χ3n) is 6.16. The zero-order valence-electron chi connectivity index (χ0n) is 17.3. The lowest BCUT2D eigenvalue weighted by molar-refractivity contribution is -0.183. The van der Waals surface area contributed by atoms with Gasteiger partial charge >= 0.3 is 5.97 Å². The second-order valence-electron chi connectivity index (χ2n) is 9.53. The summed E-state index contributed by atoms with van der Waals surface area (Å²) < 4.78 is 5.68. The molecule has 1 fully saturated rings. The van der Waals surface area contributed by atoms with Gasteiger partial charge in [-0.15, -0.1) is 0 Å². The highest BCUT2D eigenvalue weighted by Crippen LogP contribution is 2.39. The van der Waals surface area contributed by atoms with E-state index in [-0.39, 0.29) is 11.4 Å². The number of ether oxygens (including phenoxy) is 1. The summed E-state index contributed by atoms with van der Waals surface area (Å²) in [6.45, 7) is 14.6. The van der Waals surface area contributed by atoms with Gasteiger partial charge in [0.2, 0.25) is 0 Å². The van der Waals surface area contributed by atoms with Crippen molar-refractivity contribution in [2.24, 2.45) is 23.2 Å². The first-order chi connectivity index (χ1) is 11.4. The van der Waals surface area contributed by atoms with E-state index < -0.39 is 17.8 Å². The average molecular weight is 357 g/mol. The highest BCUT2D eigenvalue weighted by molar-refractivity contribution is 5.69. The molecule has 0 aromatic rings. The molecule has 0 bridgehead atoms. The number of cyclic esters (lactones) is 1. The van der Waals surface area contributed by atoms with Crippen LogP contribution in [0.15, 0.2) is 0 Å². The first kappa shape index (κ1) is 22.4. The van der Waals surface area contributed by atoms with E-state index in [4.69, 9.17) is 4.74 Å². The van der Waals surface area contributed by atoms with Gasteiger partial charge < -0.3 is 14.9 Å². The Morgan fingerprint density at radius 3 is 2.40 bits per heavy atom. The predicted octanol–water partition coefficient (Wildman–Crippen LogP) is 4.32. The molecule has 0 aromatic heterocycles. The highest BCUT2D eigenvalue weighted by Gasteiger charge is 2.42. The predicted molar refractivity (Wildman–Crippen MR) is 101 cm³/mol. The van der Waals surface area contributed by atoms with Gasteiger partial charge in [-0.3, -0.25) is 4.79 Å². The van der Waals surface area contributed by atoms with Crippen LogP contribution in [-0.2, 0) is 9.53 Å². The monoisotopic (exact) mass is 356 g/mol. The Bertz CT molecular complexity index is 430. The van der Waals surface area contributed by atoms with Gasteiger partial charge in [0, 0.05) is 6.42 Å². The Hall–Kier alpha value is -0.610. The molecule has 4 heteroatoms. The Kier molecular flexibility index (Phi) is 7.94. The van der Waals surface area contributed by atoms with Crippen molar-refractivity contribution in [1.82, 2.24) is 0 Å². The van der Waals surface area contributed by atoms with Gasteiger partial charge in [-0.2, -0.15) is 0 Å². The maximum atomic E-state index is 12.3. The van der Waals surface area contributed by atoms with Crippen molar-refractivity contribution in [2.75, 3.05) is 0 Å². The molecule has 2 N–H and O–H groups in total. The van der Waals surface area contributed by atoms with E-state index >= 15 is 0 Å². The third-order valence-corrected chi connectivity index (χ3v) is 6.16. The molecule has 148 valence electrons. The third kappa shape index (κ3) is 6.56. The summed E-state index contributed by atoms with van der Waals surface area (Å²) in [5, 5.41) is 21.1. The van der Waals surface area contributed by atoms with Gasteiger partial charge in [-0.1, -0.05) is 41.5 Å². The molecule has 1 aliphatic rings. The van der Waals surface area contributed by atoms with E-state index in [2.05, 4.69) is 34.6 Å². The van der Waals surface area contributed by atoms with Gasteiger partial charge in [0.15, 0.2) is 0 Å². The van der Waals surface area contributed by atoms with Crippen LogP contribution in [0.25, 0.3) is 0 Å². The molecular formula is C21H40O4. The quantitative estimate of drug-likeness (QED) is 0.739.